The third-order valence-corrected chi connectivity index (χ3v) is 7.40. The second-order valence-electron chi connectivity index (χ2n) is 8.08. The van der Waals surface area contributed by atoms with Crippen molar-refractivity contribution in [2.75, 3.05) is 11.1 Å². The van der Waals surface area contributed by atoms with Crippen molar-refractivity contribution < 1.29 is 4.79 Å². The molecule has 2 heterocycles. The number of amides is 1. The summed E-state index contributed by atoms with van der Waals surface area (Å²) in [4.78, 5) is 17.5. The Labute approximate surface area is 228 Å². The van der Waals surface area contributed by atoms with Crippen LogP contribution in [0, 0.1) is 0 Å². The molecular weight excluding hydrogens is 525 g/mol. The maximum atomic E-state index is 12.7. The molecule has 5 rings (SSSR count). The zero-order chi connectivity index (χ0) is 25.8. The van der Waals surface area contributed by atoms with E-state index in [0.29, 0.717) is 33.3 Å². The van der Waals surface area contributed by atoms with E-state index in [1.54, 1.807) is 24.3 Å². The number of thioether (sulfide) groups is 1. The molecule has 0 spiro atoms. The van der Waals surface area contributed by atoms with Crippen LogP contribution in [0.1, 0.15) is 0 Å². The zero-order valence-electron chi connectivity index (χ0n) is 19.6. The molecule has 0 saturated heterocycles. The fourth-order valence-electron chi connectivity index (χ4n) is 3.92. The van der Waals surface area contributed by atoms with Gasteiger partial charge >= 0.3 is 0 Å². The van der Waals surface area contributed by atoms with Crippen molar-refractivity contribution in [2.45, 2.75) is 11.7 Å². The van der Waals surface area contributed by atoms with E-state index < -0.39 is 0 Å². The highest BCUT2D eigenvalue weighted by Gasteiger charge is 2.19. The number of pyridine rings is 1. The Morgan fingerprint density at radius 2 is 1.78 bits per heavy atom. The van der Waals surface area contributed by atoms with Crippen molar-refractivity contribution in [1.82, 2.24) is 19.7 Å². The number of nitrogens with zero attached hydrogens (tertiary/aromatic N) is 4. The molecule has 6 nitrogen and oxygen atoms in total. The number of halogens is 2. The van der Waals surface area contributed by atoms with Gasteiger partial charge in [0.15, 0.2) is 11.0 Å². The average molecular weight is 546 g/mol. The highest BCUT2D eigenvalue weighted by atomic mass is 35.5. The molecule has 0 aliphatic heterocycles. The second-order valence-corrected chi connectivity index (χ2v) is 9.81. The largest absolute Gasteiger partial charge is 0.324 e. The lowest BCUT2D eigenvalue weighted by Gasteiger charge is -2.12. The molecule has 2 aromatic heterocycles. The fraction of sp³-hybridized carbons (Fsp3) is 0.0714. The van der Waals surface area contributed by atoms with E-state index in [1.807, 2.05) is 65.2 Å². The van der Waals surface area contributed by atoms with Crippen LogP contribution in [-0.4, -0.2) is 31.4 Å². The molecule has 9 heteroatoms. The van der Waals surface area contributed by atoms with E-state index in [2.05, 4.69) is 22.1 Å². The summed E-state index contributed by atoms with van der Waals surface area (Å²) < 4.78 is 1.95. The number of nitrogens with one attached hydrogen (secondary N) is 1. The van der Waals surface area contributed by atoms with Crippen LogP contribution in [0.15, 0.2) is 96.7 Å². The number of anilines is 1. The number of benzene rings is 3. The SMILES string of the molecule is C=CCn1c(SCC(=O)Nc2cccc(Cl)c2Cl)nnc1-c1cc(-c2ccccc2)nc2ccccc12. The monoisotopic (exact) mass is 545 g/mol. The fourth-order valence-corrected chi connectivity index (χ4v) is 5.02. The van der Waals surface area contributed by atoms with Gasteiger partial charge < -0.3 is 5.32 Å². The summed E-state index contributed by atoms with van der Waals surface area (Å²) in [5, 5.41) is 14.0. The summed E-state index contributed by atoms with van der Waals surface area (Å²) in [5.74, 6) is 0.561. The van der Waals surface area contributed by atoms with Crippen LogP contribution < -0.4 is 5.32 Å². The summed E-state index contributed by atoms with van der Waals surface area (Å²) in [6, 6.07) is 25.1. The Morgan fingerprint density at radius 3 is 2.59 bits per heavy atom. The van der Waals surface area contributed by atoms with Crippen molar-refractivity contribution >= 4 is 57.5 Å². The lowest BCUT2D eigenvalue weighted by molar-refractivity contribution is -0.113. The van der Waals surface area contributed by atoms with Gasteiger partial charge in [-0.15, -0.1) is 16.8 Å². The van der Waals surface area contributed by atoms with Crippen molar-refractivity contribution in [3.8, 4) is 22.6 Å². The number of fused-ring (bicyclic) bond motifs is 1. The molecule has 1 amide bonds. The Morgan fingerprint density at radius 1 is 1.00 bits per heavy atom. The summed E-state index contributed by atoms with van der Waals surface area (Å²) in [5.41, 5.74) is 4.08. The van der Waals surface area contributed by atoms with Gasteiger partial charge in [0.1, 0.15) is 0 Å². The molecule has 184 valence electrons. The quantitative estimate of drug-likeness (QED) is 0.162. The van der Waals surface area contributed by atoms with Crippen molar-refractivity contribution in [3.05, 3.63) is 102 Å². The van der Waals surface area contributed by atoms with Crippen molar-refractivity contribution in [2.24, 2.45) is 0 Å². The number of rotatable bonds is 8. The number of para-hydroxylation sites is 1. The van der Waals surface area contributed by atoms with Crippen molar-refractivity contribution in [1.29, 1.82) is 0 Å². The van der Waals surface area contributed by atoms with Gasteiger partial charge in [-0.05, 0) is 24.3 Å². The standard InChI is InChI=1S/C28H21Cl2N5OS/c1-2-15-35-27(33-34-28(35)37-17-25(36)32-23-14-8-12-21(29)26(23)30)20-16-24(18-9-4-3-5-10-18)31-22-13-7-6-11-19(20)22/h2-14,16H,1,15,17H2,(H,32,36). The predicted octanol–water partition coefficient (Wildman–Crippen LogP) is 7.38. The van der Waals surface area contributed by atoms with Gasteiger partial charge in [0.25, 0.3) is 0 Å². The van der Waals surface area contributed by atoms with Gasteiger partial charge in [-0.3, -0.25) is 9.36 Å². The molecule has 0 radical (unpaired) electrons. The second kappa shape index (κ2) is 11.2. The van der Waals surface area contributed by atoms with Gasteiger partial charge in [0, 0.05) is 23.1 Å². The van der Waals surface area contributed by atoms with Crippen LogP contribution in [0.3, 0.4) is 0 Å². The minimum Gasteiger partial charge on any atom is -0.324 e. The molecule has 0 saturated carbocycles. The lowest BCUT2D eigenvalue weighted by atomic mass is 10.0. The summed E-state index contributed by atoms with van der Waals surface area (Å²) in [6.07, 6.45) is 1.78. The van der Waals surface area contributed by atoms with Gasteiger partial charge in [-0.25, -0.2) is 4.98 Å². The van der Waals surface area contributed by atoms with Gasteiger partial charge in [-0.1, -0.05) is 95.6 Å². The molecule has 1 N–H and O–H groups in total. The number of carbonyl (C=O) groups is 1. The molecule has 3 aromatic carbocycles. The minimum atomic E-state index is -0.232. The van der Waals surface area contributed by atoms with Crippen molar-refractivity contribution in [3.63, 3.8) is 0 Å². The van der Waals surface area contributed by atoms with E-state index in [-0.39, 0.29) is 11.7 Å². The Balaban J connectivity index is 1.48. The molecular formula is C28H21Cl2N5OS. The summed E-state index contributed by atoms with van der Waals surface area (Å²) >= 11 is 13.5. The van der Waals surface area contributed by atoms with Gasteiger partial charge in [-0.2, -0.15) is 0 Å². The molecule has 0 bridgehead atoms. The molecule has 0 unspecified atom stereocenters. The number of allylic oxidation sites excluding steroid dienone is 1. The molecule has 0 aliphatic rings. The van der Waals surface area contributed by atoms with Gasteiger partial charge in [0.2, 0.25) is 5.91 Å². The predicted molar refractivity (Wildman–Crippen MR) is 152 cm³/mol. The summed E-state index contributed by atoms with van der Waals surface area (Å²) in [7, 11) is 0. The normalized spacial score (nSPS) is 11.0. The van der Waals surface area contributed by atoms with Crippen LogP contribution in [0.4, 0.5) is 5.69 Å². The first kappa shape index (κ1) is 25.0. The third-order valence-electron chi connectivity index (χ3n) is 5.61. The topological polar surface area (TPSA) is 72.7 Å². The first-order valence-corrected chi connectivity index (χ1v) is 13.2. The molecule has 0 atom stereocenters. The molecule has 0 fully saturated rings. The average Bonchev–Trinajstić information content (AvgIpc) is 3.32. The van der Waals surface area contributed by atoms with E-state index in [0.717, 1.165) is 27.7 Å². The smallest absolute Gasteiger partial charge is 0.234 e. The van der Waals surface area contributed by atoms with Crippen LogP contribution in [-0.2, 0) is 11.3 Å². The van der Waals surface area contributed by atoms with Crippen LogP contribution in [0.5, 0.6) is 0 Å². The van der Waals surface area contributed by atoms with Gasteiger partial charge in [0.05, 0.1) is 32.7 Å². The summed E-state index contributed by atoms with van der Waals surface area (Å²) in [6.45, 7) is 4.38. The number of hydrogen-bond acceptors (Lipinski definition) is 5. The third kappa shape index (κ3) is 5.39. The molecule has 5 aromatic rings. The lowest BCUT2D eigenvalue weighted by Crippen LogP contribution is -2.15. The maximum absolute atomic E-state index is 12.7. The number of aromatic nitrogens is 4. The Bertz CT molecular complexity index is 1600. The number of carbonyl (C=O) groups excluding carboxylic acids is 1. The van der Waals surface area contributed by atoms with E-state index >= 15 is 0 Å². The van der Waals surface area contributed by atoms with E-state index in [9.17, 15) is 4.79 Å². The molecule has 37 heavy (non-hydrogen) atoms. The van der Waals surface area contributed by atoms with Crippen LogP contribution in [0.25, 0.3) is 33.5 Å². The Kier molecular flexibility index (Phi) is 7.55. The van der Waals surface area contributed by atoms with E-state index in [4.69, 9.17) is 28.2 Å². The van der Waals surface area contributed by atoms with E-state index in [1.165, 1.54) is 11.8 Å². The first-order chi connectivity index (χ1) is 18.0. The zero-order valence-corrected chi connectivity index (χ0v) is 21.9. The minimum absolute atomic E-state index is 0.116. The highest BCUT2D eigenvalue weighted by Crippen LogP contribution is 2.33. The molecule has 0 aliphatic carbocycles. The first-order valence-electron chi connectivity index (χ1n) is 11.4. The Hall–Kier alpha value is -3.65. The van der Waals surface area contributed by atoms with Crippen LogP contribution in [0.2, 0.25) is 10.0 Å². The van der Waals surface area contributed by atoms with Crippen LogP contribution >= 0.6 is 35.0 Å². The number of hydrogen-bond donors (Lipinski definition) is 1. The highest BCUT2D eigenvalue weighted by molar-refractivity contribution is 7.99. The maximum Gasteiger partial charge on any atom is 0.234 e.